The first kappa shape index (κ1) is 22.0. The number of benzene rings is 1. The number of hydrogen-bond donors (Lipinski definition) is 2. The predicted molar refractivity (Wildman–Crippen MR) is 106 cm³/mol. The smallest absolute Gasteiger partial charge is 0.338 e. The number of oxazole rings is 1. The van der Waals surface area contributed by atoms with Gasteiger partial charge in [-0.3, -0.25) is 4.79 Å². The number of halogens is 1. The average molecular weight is 431 g/mol. The van der Waals surface area contributed by atoms with Crippen LogP contribution in [0.1, 0.15) is 26.2 Å². The van der Waals surface area contributed by atoms with E-state index in [9.17, 15) is 18.8 Å². The predicted octanol–water partition coefficient (Wildman–Crippen LogP) is 2.48. The van der Waals surface area contributed by atoms with Crippen LogP contribution in [0.25, 0.3) is 11.3 Å². The molecule has 1 aliphatic heterocycles. The van der Waals surface area contributed by atoms with E-state index in [2.05, 4.69) is 15.6 Å². The molecule has 0 aliphatic carbocycles. The molecule has 0 saturated carbocycles. The minimum atomic E-state index is -0.596. The van der Waals surface area contributed by atoms with Crippen molar-refractivity contribution in [3.05, 3.63) is 53.4 Å². The molecule has 10 heteroatoms. The zero-order chi connectivity index (χ0) is 22.4. The number of carbonyl (C=O) groups is 3. The molecule has 0 radical (unpaired) electrons. The molecule has 0 saturated heterocycles. The summed E-state index contributed by atoms with van der Waals surface area (Å²) in [5.41, 5.74) is 1.04. The van der Waals surface area contributed by atoms with Crippen LogP contribution in [-0.4, -0.2) is 42.2 Å². The number of hydrogen-bond acceptors (Lipinski definition) is 7. The quantitative estimate of drug-likeness (QED) is 0.616. The van der Waals surface area contributed by atoms with Crippen LogP contribution in [0, 0.1) is 5.82 Å². The normalized spacial score (nSPS) is 15.8. The van der Waals surface area contributed by atoms with E-state index < -0.39 is 24.0 Å². The van der Waals surface area contributed by atoms with Crippen LogP contribution in [0.3, 0.4) is 0 Å². The zero-order valence-corrected chi connectivity index (χ0v) is 17.1. The van der Waals surface area contributed by atoms with Gasteiger partial charge in [-0.15, -0.1) is 0 Å². The molecule has 2 N–H and O–H groups in total. The van der Waals surface area contributed by atoms with Crippen molar-refractivity contribution in [3.8, 4) is 11.3 Å². The van der Waals surface area contributed by atoms with Crippen LogP contribution >= 0.6 is 0 Å². The van der Waals surface area contributed by atoms with Gasteiger partial charge in [0.2, 0.25) is 0 Å². The molecule has 1 atom stereocenters. The lowest BCUT2D eigenvalue weighted by molar-refractivity contribution is -0.143. The molecular weight excluding hydrogens is 409 g/mol. The van der Waals surface area contributed by atoms with Crippen LogP contribution in [0.15, 0.2) is 46.1 Å². The maximum Gasteiger partial charge on any atom is 0.338 e. The van der Waals surface area contributed by atoms with Gasteiger partial charge in [0, 0.05) is 12.0 Å². The zero-order valence-electron chi connectivity index (χ0n) is 17.1. The van der Waals surface area contributed by atoms with Crippen molar-refractivity contribution in [3.63, 3.8) is 0 Å². The summed E-state index contributed by atoms with van der Waals surface area (Å²) in [5.74, 6) is -0.725. The van der Waals surface area contributed by atoms with E-state index in [0.29, 0.717) is 17.2 Å². The molecule has 164 valence electrons. The standard InChI is InChI=1S/C21H22FN3O6/c1-3-29-20(27)19-12(2)24-21(28)25-15(19)11-30-18(26)9-8-17-23-10-16(31-17)13-4-6-14(22)7-5-13/h4-7,10,12H,3,8-9,11H2,1-2H3,(H2,24,25,28). The maximum absolute atomic E-state index is 13.0. The minimum absolute atomic E-state index is 0.0207. The molecule has 1 unspecified atom stereocenters. The number of nitrogens with zero attached hydrogens (tertiary/aromatic N) is 1. The van der Waals surface area contributed by atoms with Gasteiger partial charge >= 0.3 is 18.0 Å². The second-order valence-corrected chi connectivity index (χ2v) is 6.72. The molecule has 1 aliphatic rings. The lowest BCUT2D eigenvalue weighted by atomic mass is 10.0. The van der Waals surface area contributed by atoms with Gasteiger partial charge in [0.1, 0.15) is 12.4 Å². The Kier molecular flexibility index (Phi) is 7.01. The van der Waals surface area contributed by atoms with Gasteiger partial charge in [-0.25, -0.2) is 19.0 Å². The first-order valence-corrected chi connectivity index (χ1v) is 9.71. The number of aryl methyl sites for hydroxylation is 1. The van der Waals surface area contributed by atoms with Crippen molar-refractivity contribution in [2.45, 2.75) is 32.7 Å². The molecule has 9 nitrogen and oxygen atoms in total. The highest BCUT2D eigenvalue weighted by atomic mass is 19.1. The highest BCUT2D eigenvalue weighted by Crippen LogP contribution is 2.21. The fourth-order valence-electron chi connectivity index (χ4n) is 3.00. The fraction of sp³-hybridized carbons (Fsp3) is 0.333. The Hall–Kier alpha value is -3.69. The van der Waals surface area contributed by atoms with Crippen LogP contribution in [0.4, 0.5) is 9.18 Å². The van der Waals surface area contributed by atoms with Gasteiger partial charge < -0.3 is 24.5 Å². The Bertz CT molecular complexity index is 999. The van der Waals surface area contributed by atoms with Gasteiger partial charge in [-0.1, -0.05) is 0 Å². The van der Waals surface area contributed by atoms with E-state index in [1.54, 1.807) is 26.0 Å². The van der Waals surface area contributed by atoms with Crippen molar-refractivity contribution in [2.24, 2.45) is 0 Å². The van der Waals surface area contributed by atoms with Crippen LogP contribution in [-0.2, 0) is 25.5 Å². The number of urea groups is 1. The van der Waals surface area contributed by atoms with E-state index in [-0.39, 0.29) is 43.1 Å². The van der Waals surface area contributed by atoms with Gasteiger partial charge in [-0.2, -0.15) is 0 Å². The molecule has 2 aromatic rings. The van der Waals surface area contributed by atoms with Crippen molar-refractivity contribution in [1.29, 1.82) is 0 Å². The first-order valence-electron chi connectivity index (χ1n) is 9.71. The first-order chi connectivity index (χ1) is 14.9. The Morgan fingerprint density at radius 1 is 1.23 bits per heavy atom. The monoisotopic (exact) mass is 431 g/mol. The number of aromatic nitrogens is 1. The third-order valence-corrected chi connectivity index (χ3v) is 4.47. The number of nitrogens with one attached hydrogen (secondary N) is 2. The Morgan fingerprint density at radius 3 is 2.68 bits per heavy atom. The molecule has 0 spiro atoms. The topological polar surface area (TPSA) is 120 Å². The number of ether oxygens (including phenoxy) is 2. The highest BCUT2D eigenvalue weighted by Gasteiger charge is 2.30. The molecule has 2 heterocycles. The van der Waals surface area contributed by atoms with Gasteiger partial charge in [0.15, 0.2) is 11.7 Å². The summed E-state index contributed by atoms with van der Waals surface area (Å²) < 4.78 is 28.8. The molecule has 2 amide bonds. The number of esters is 2. The van der Waals surface area contributed by atoms with Crippen LogP contribution in [0.2, 0.25) is 0 Å². The summed E-state index contributed by atoms with van der Waals surface area (Å²) in [7, 11) is 0. The third kappa shape index (κ3) is 5.68. The Balaban J connectivity index is 1.57. The van der Waals surface area contributed by atoms with E-state index in [4.69, 9.17) is 13.9 Å². The second kappa shape index (κ2) is 9.88. The summed E-state index contributed by atoms with van der Waals surface area (Å²) in [6.45, 7) is 3.19. The highest BCUT2D eigenvalue weighted by molar-refractivity contribution is 5.94. The number of carbonyl (C=O) groups excluding carboxylic acids is 3. The van der Waals surface area contributed by atoms with Crippen LogP contribution in [0.5, 0.6) is 0 Å². The van der Waals surface area contributed by atoms with E-state index >= 15 is 0 Å². The number of amides is 2. The van der Waals surface area contributed by atoms with E-state index in [0.717, 1.165) is 0 Å². The number of rotatable bonds is 8. The SMILES string of the molecule is CCOC(=O)C1=C(COC(=O)CCc2ncc(-c3ccc(F)cc3)o2)NC(=O)NC1C. The second-order valence-electron chi connectivity index (χ2n) is 6.72. The maximum atomic E-state index is 13.0. The Labute approximate surface area is 177 Å². The molecule has 31 heavy (non-hydrogen) atoms. The van der Waals surface area contributed by atoms with Crippen LogP contribution < -0.4 is 10.6 Å². The van der Waals surface area contributed by atoms with Crippen molar-refractivity contribution < 1.29 is 32.7 Å². The Morgan fingerprint density at radius 2 is 1.97 bits per heavy atom. The molecule has 1 aromatic carbocycles. The third-order valence-electron chi connectivity index (χ3n) is 4.47. The van der Waals surface area contributed by atoms with Crippen molar-refractivity contribution in [1.82, 2.24) is 15.6 Å². The molecule has 1 aromatic heterocycles. The summed E-state index contributed by atoms with van der Waals surface area (Å²) in [6.07, 6.45) is 1.66. The molecule has 0 fully saturated rings. The summed E-state index contributed by atoms with van der Waals surface area (Å²) in [6, 6.07) is 4.68. The molecule has 0 bridgehead atoms. The van der Waals surface area contributed by atoms with E-state index in [1.807, 2.05) is 0 Å². The molecule has 3 rings (SSSR count). The molecular formula is C21H22FN3O6. The average Bonchev–Trinajstić information content (AvgIpc) is 3.20. The van der Waals surface area contributed by atoms with E-state index in [1.165, 1.54) is 18.3 Å². The summed E-state index contributed by atoms with van der Waals surface area (Å²) in [4.78, 5) is 40.1. The van der Waals surface area contributed by atoms with Crippen molar-refractivity contribution in [2.75, 3.05) is 13.2 Å². The fourth-order valence-corrected chi connectivity index (χ4v) is 3.00. The van der Waals surface area contributed by atoms with Gasteiger partial charge in [0.25, 0.3) is 0 Å². The minimum Gasteiger partial charge on any atom is -0.463 e. The van der Waals surface area contributed by atoms with Gasteiger partial charge in [-0.05, 0) is 38.1 Å². The lowest BCUT2D eigenvalue weighted by Crippen LogP contribution is -2.50. The van der Waals surface area contributed by atoms with Crippen molar-refractivity contribution >= 4 is 18.0 Å². The summed E-state index contributed by atoms with van der Waals surface area (Å²) >= 11 is 0. The van der Waals surface area contributed by atoms with Gasteiger partial charge in [0.05, 0.1) is 36.5 Å². The summed E-state index contributed by atoms with van der Waals surface area (Å²) in [5, 5.41) is 5.05. The largest absolute Gasteiger partial charge is 0.463 e. The lowest BCUT2D eigenvalue weighted by Gasteiger charge is -2.26.